The summed E-state index contributed by atoms with van der Waals surface area (Å²) < 4.78 is 11.1. The molecule has 1 N–H and O–H groups in total. The lowest BCUT2D eigenvalue weighted by Gasteiger charge is -2.18. The first-order valence-electron chi connectivity index (χ1n) is 7.46. The van der Waals surface area contributed by atoms with Crippen LogP contribution in [0.2, 0.25) is 0 Å². The number of carbonyl (C=O) groups is 1. The Morgan fingerprint density at radius 2 is 2.04 bits per heavy atom. The van der Waals surface area contributed by atoms with Gasteiger partial charge in [0.25, 0.3) is 5.91 Å². The molecule has 4 rings (SSSR count). The average molecular weight is 358 g/mol. The van der Waals surface area contributed by atoms with E-state index in [0.29, 0.717) is 24.6 Å². The van der Waals surface area contributed by atoms with E-state index < -0.39 is 0 Å². The molecule has 0 saturated carbocycles. The van der Waals surface area contributed by atoms with Gasteiger partial charge in [0.1, 0.15) is 18.2 Å². The number of aromatic nitrogens is 1. The summed E-state index contributed by atoms with van der Waals surface area (Å²) in [6.07, 6.45) is 1.73. The molecule has 0 bridgehead atoms. The van der Waals surface area contributed by atoms with E-state index in [9.17, 15) is 4.79 Å². The van der Waals surface area contributed by atoms with Crippen LogP contribution in [0.4, 0.5) is 0 Å². The minimum Gasteiger partial charge on any atom is -0.486 e. The van der Waals surface area contributed by atoms with E-state index in [1.54, 1.807) is 6.20 Å². The minimum absolute atomic E-state index is 0.0843. The van der Waals surface area contributed by atoms with Crippen molar-refractivity contribution in [1.29, 1.82) is 0 Å². The van der Waals surface area contributed by atoms with Crippen molar-refractivity contribution in [1.82, 2.24) is 10.3 Å². The van der Waals surface area contributed by atoms with Crippen LogP contribution in [0.3, 0.4) is 0 Å². The van der Waals surface area contributed by atoms with E-state index >= 15 is 0 Å². The number of ether oxygens (including phenoxy) is 2. The highest BCUT2D eigenvalue weighted by molar-refractivity contribution is 7.17. The fraction of sp³-hybridized carbons (Fsp3) is 0.176. The Kier molecular flexibility index (Phi) is 4.18. The van der Waals surface area contributed by atoms with E-state index in [-0.39, 0.29) is 5.91 Å². The molecule has 0 atom stereocenters. The molecule has 1 aromatic carbocycles. The van der Waals surface area contributed by atoms with Crippen molar-refractivity contribution >= 4 is 28.6 Å². The lowest BCUT2D eigenvalue weighted by molar-refractivity contribution is 0.0955. The van der Waals surface area contributed by atoms with Crippen LogP contribution in [0, 0.1) is 0 Å². The second-order valence-corrected chi connectivity index (χ2v) is 7.19. The smallest absolute Gasteiger partial charge is 0.261 e. The van der Waals surface area contributed by atoms with Crippen LogP contribution in [-0.2, 0) is 6.54 Å². The number of nitrogens with one attached hydrogen (secondary N) is 1. The van der Waals surface area contributed by atoms with Gasteiger partial charge >= 0.3 is 0 Å². The molecule has 0 aliphatic carbocycles. The summed E-state index contributed by atoms with van der Waals surface area (Å²) in [5.74, 6) is 1.43. The van der Waals surface area contributed by atoms with E-state index in [1.165, 1.54) is 22.7 Å². The Balaban J connectivity index is 1.49. The molecule has 7 heteroatoms. The van der Waals surface area contributed by atoms with Crippen molar-refractivity contribution in [2.45, 2.75) is 6.54 Å². The number of benzene rings is 1. The number of fused-ring (bicyclic) bond motifs is 1. The predicted molar refractivity (Wildman–Crippen MR) is 94.0 cm³/mol. The molecule has 24 heavy (non-hydrogen) atoms. The Hall–Kier alpha value is -2.38. The molecule has 122 valence electrons. The molecule has 0 spiro atoms. The van der Waals surface area contributed by atoms with Crippen LogP contribution < -0.4 is 14.8 Å². The molecule has 1 aliphatic rings. The summed E-state index contributed by atoms with van der Waals surface area (Å²) >= 11 is 2.98. The number of nitrogens with zero attached hydrogens (tertiary/aromatic N) is 1. The maximum atomic E-state index is 12.2. The zero-order chi connectivity index (χ0) is 16.4. The molecule has 0 fully saturated rings. The molecular weight excluding hydrogens is 344 g/mol. The topological polar surface area (TPSA) is 60.5 Å². The third-order valence-electron chi connectivity index (χ3n) is 3.54. The number of amides is 1. The predicted octanol–water partition coefficient (Wildman–Crippen LogP) is 3.57. The second-order valence-electron chi connectivity index (χ2n) is 5.13. The molecule has 0 unspecified atom stereocenters. The van der Waals surface area contributed by atoms with Crippen LogP contribution in [0.15, 0.2) is 41.9 Å². The highest BCUT2D eigenvalue weighted by Crippen LogP contribution is 2.36. The summed E-state index contributed by atoms with van der Waals surface area (Å²) in [6, 6.07) is 9.64. The van der Waals surface area contributed by atoms with Crippen molar-refractivity contribution in [3.63, 3.8) is 0 Å². The van der Waals surface area contributed by atoms with Crippen LogP contribution in [0.5, 0.6) is 11.5 Å². The lowest BCUT2D eigenvalue weighted by atomic mass is 10.1. The molecule has 3 heterocycles. The third kappa shape index (κ3) is 3.13. The van der Waals surface area contributed by atoms with E-state index in [2.05, 4.69) is 10.3 Å². The maximum Gasteiger partial charge on any atom is 0.261 e. The van der Waals surface area contributed by atoms with Crippen molar-refractivity contribution < 1.29 is 14.3 Å². The number of carbonyl (C=O) groups excluding carboxylic acids is 1. The number of hydrogen-bond donors (Lipinski definition) is 1. The van der Waals surface area contributed by atoms with Gasteiger partial charge in [0, 0.05) is 16.5 Å². The molecule has 1 amide bonds. The van der Waals surface area contributed by atoms with Crippen LogP contribution in [0.1, 0.15) is 14.7 Å². The Morgan fingerprint density at radius 1 is 1.17 bits per heavy atom. The fourth-order valence-corrected chi connectivity index (χ4v) is 3.87. The lowest BCUT2D eigenvalue weighted by Crippen LogP contribution is -2.21. The minimum atomic E-state index is -0.0843. The van der Waals surface area contributed by atoms with Gasteiger partial charge in [-0.2, -0.15) is 0 Å². The van der Waals surface area contributed by atoms with Crippen molar-refractivity contribution in [3.05, 3.63) is 51.8 Å². The molecule has 3 aromatic rings. The number of thiazole rings is 1. The number of thiophene rings is 1. The van der Waals surface area contributed by atoms with Crippen molar-refractivity contribution in [2.75, 3.05) is 13.2 Å². The zero-order valence-electron chi connectivity index (χ0n) is 12.7. The van der Waals surface area contributed by atoms with Gasteiger partial charge < -0.3 is 14.8 Å². The zero-order valence-corrected chi connectivity index (χ0v) is 14.3. The van der Waals surface area contributed by atoms with E-state index in [4.69, 9.17) is 9.47 Å². The van der Waals surface area contributed by atoms with Gasteiger partial charge in [0.05, 0.1) is 11.4 Å². The van der Waals surface area contributed by atoms with Gasteiger partial charge in [-0.15, -0.1) is 22.7 Å². The second kappa shape index (κ2) is 6.62. The van der Waals surface area contributed by atoms with Crippen molar-refractivity contribution in [2.24, 2.45) is 0 Å². The van der Waals surface area contributed by atoms with Gasteiger partial charge in [-0.05, 0) is 35.9 Å². The monoisotopic (exact) mass is 358 g/mol. The summed E-state index contributed by atoms with van der Waals surface area (Å²) in [6.45, 7) is 1.59. The maximum absolute atomic E-state index is 12.2. The SMILES string of the molecule is O=C(NCc1nccs1)c1ccc(-c2ccc3c(c2)OCCO3)s1. The van der Waals surface area contributed by atoms with E-state index in [1.807, 2.05) is 35.7 Å². The van der Waals surface area contributed by atoms with Crippen LogP contribution >= 0.6 is 22.7 Å². The molecule has 0 radical (unpaired) electrons. The Labute approximate surface area is 146 Å². The van der Waals surface area contributed by atoms with Crippen molar-refractivity contribution in [3.8, 4) is 21.9 Å². The standard InChI is InChI=1S/C17H14N2O3S2/c20-17(19-10-16-18-5-8-23-16)15-4-3-14(24-15)11-1-2-12-13(9-11)22-7-6-21-12/h1-5,8-9H,6-7,10H2,(H,19,20). The van der Waals surface area contributed by atoms with Crippen LogP contribution in [0.25, 0.3) is 10.4 Å². The largest absolute Gasteiger partial charge is 0.486 e. The van der Waals surface area contributed by atoms with Gasteiger partial charge in [-0.25, -0.2) is 4.98 Å². The molecule has 5 nitrogen and oxygen atoms in total. The first-order chi connectivity index (χ1) is 11.8. The van der Waals surface area contributed by atoms with E-state index in [0.717, 1.165) is 26.9 Å². The van der Waals surface area contributed by atoms with Crippen LogP contribution in [-0.4, -0.2) is 24.1 Å². The summed E-state index contributed by atoms with van der Waals surface area (Å²) in [7, 11) is 0. The van der Waals surface area contributed by atoms with Gasteiger partial charge in [-0.1, -0.05) is 0 Å². The number of rotatable bonds is 4. The molecule has 0 saturated heterocycles. The Morgan fingerprint density at radius 3 is 2.88 bits per heavy atom. The normalized spacial score (nSPS) is 12.8. The summed E-state index contributed by atoms with van der Waals surface area (Å²) in [5.41, 5.74) is 1.02. The highest BCUT2D eigenvalue weighted by atomic mass is 32.1. The Bertz CT molecular complexity index is 859. The highest BCUT2D eigenvalue weighted by Gasteiger charge is 2.15. The van der Waals surface area contributed by atoms with Gasteiger partial charge in [0.2, 0.25) is 0 Å². The number of hydrogen-bond acceptors (Lipinski definition) is 6. The summed E-state index contributed by atoms with van der Waals surface area (Å²) in [4.78, 5) is 18.1. The average Bonchev–Trinajstić information content (AvgIpc) is 3.31. The van der Waals surface area contributed by atoms with Gasteiger partial charge in [0.15, 0.2) is 11.5 Å². The first kappa shape index (κ1) is 15.2. The molecular formula is C17H14N2O3S2. The first-order valence-corrected chi connectivity index (χ1v) is 9.15. The molecule has 2 aromatic heterocycles. The fourth-order valence-electron chi connectivity index (χ4n) is 2.39. The quantitative estimate of drug-likeness (QED) is 0.774. The summed E-state index contributed by atoms with van der Waals surface area (Å²) in [5, 5.41) is 5.68. The molecule has 1 aliphatic heterocycles. The van der Waals surface area contributed by atoms with Gasteiger partial charge in [-0.3, -0.25) is 4.79 Å². The third-order valence-corrected chi connectivity index (χ3v) is 5.45.